The summed E-state index contributed by atoms with van der Waals surface area (Å²) in [6, 6.07) is 2.19. The number of anilines is 1. The maximum Gasteiger partial charge on any atom is 0.156 e. The van der Waals surface area contributed by atoms with Crippen LogP contribution in [0.25, 0.3) is 0 Å². The fourth-order valence-electron chi connectivity index (χ4n) is 1.47. The molecular formula is C11H13ClN4O. The second kappa shape index (κ2) is 6.16. The van der Waals surface area contributed by atoms with E-state index in [1.54, 1.807) is 0 Å². The van der Waals surface area contributed by atoms with Crippen molar-refractivity contribution in [2.24, 2.45) is 0 Å². The summed E-state index contributed by atoms with van der Waals surface area (Å²) < 4.78 is 0. The molecule has 0 saturated heterocycles. The zero-order chi connectivity index (χ0) is 12.8. The Balaban J connectivity index is 3.14. The fourth-order valence-corrected chi connectivity index (χ4v) is 1.65. The predicted octanol–water partition coefficient (Wildman–Crippen LogP) is 2.07. The molecule has 1 aromatic rings. The lowest BCUT2D eigenvalue weighted by Gasteiger charge is -2.27. The molecule has 0 aliphatic carbocycles. The van der Waals surface area contributed by atoms with E-state index in [2.05, 4.69) is 16.0 Å². The van der Waals surface area contributed by atoms with Gasteiger partial charge in [-0.2, -0.15) is 5.26 Å². The molecule has 0 spiro atoms. The summed E-state index contributed by atoms with van der Waals surface area (Å²) in [7, 11) is 0. The smallest absolute Gasteiger partial charge is 0.156 e. The molecule has 5 nitrogen and oxygen atoms in total. The summed E-state index contributed by atoms with van der Waals surface area (Å²) in [5.74, 6) is 0.477. The van der Waals surface area contributed by atoms with Crippen LogP contribution in [0.5, 0.6) is 0 Å². The number of hydrogen-bond acceptors (Lipinski definition) is 5. The van der Waals surface area contributed by atoms with Crippen molar-refractivity contribution in [3.8, 4) is 6.07 Å². The summed E-state index contributed by atoms with van der Waals surface area (Å²) >= 11 is 5.84. The van der Waals surface area contributed by atoms with E-state index in [0.717, 1.165) is 0 Å². The Morgan fingerprint density at radius 2 is 2.29 bits per heavy atom. The van der Waals surface area contributed by atoms with Crippen LogP contribution in [0.2, 0.25) is 5.15 Å². The summed E-state index contributed by atoms with van der Waals surface area (Å²) in [6.07, 6.45) is 2.31. The van der Waals surface area contributed by atoms with E-state index in [4.69, 9.17) is 16.9 Å². The number of hydrogen-bond donors (Lipinski definition) is 0. The molecule has 0 aliphatic rings. The molecule has 0 aromatic carbocycles. The van der Waals surface area contributed by atoms with Crippen molar-refractivity contribution < 1.29 is 4.79 Å². The molecule has 0 amide bonds. The minimum absolute atomic E-state index is 0.119. The highest BCUT2D eigenvalue weighted by Gasteiger charge is 2.18. The van der Waals surface area contributed by atoms with Crippen LogP contribution in [-0.4, -0.2) is 28.8 Å². The SMILES string of the molecule is CC(C)N(CCC#N)c1ncnc(Cl)c1C=O. The third kappa shape index (κ3) is 3.14. The first kappa shape index (κ1) is 13.4. The first-order valence-electron chi connectivity index (χ1n) is 5.21. The van der Waals surface area contributed by atoms with Crippen molar-refractivity contribution in [3.05, 3.63) is 17.0 Å². The number of nitrogens with zero attached hydrogens (tertiary/aromatic N) is 4. The molecule has 0 aliphatic heterocycles. The summed E-state index contributed by atoms with van der Waals surface area (Å²) in [6.45, 7) is 4.42. The normalized spacial score (nSPS) is 10.1. The minimum Gasteiger partial charge on any atom is -0.352 e. The standard InChI is InChI=1S/C11H13ClN4O/c1-8(2)16(5-3-4-13)11-9(6-17)10(12)14-7-15-11/h6-8H,3,5H2,1-2H3. The maximum absolute atomic E-state index is 11.0. The van der Waals surface area contributed by atoms with E-state index in [1.807, 2.05) is 18.7 Å². The number of halogens is 1. The zero-order valence-corrected chi connectivity index (χ0v) is 10.5. The lowest BCUT2D eigenvalue weighted by atomic mass is 10.2. The Bertz CT molecular complexity index is 442. The molecule has 0 atom stereocenters. The van der Waals surface area contributed by atoms with Gasteiger partial charge in [-0.15, -0.1) is 0 Å². The number of carbonyl (C=O) groups is 1. The first-order valence-corrected chi connectivity index (χ1v) is 5.58. The molecule has 0 radical (unpaired) electrons. The molecule has 0 saturated carbocycles. The van der Waals surface area contributed by atoms with E-state index in [0.29, 0.717) is 25.1 Å². The van der Waals surface area contributed by atoms with Gasteiger partial charge in [0.25, 0.3) is 0 Å². The van der Waals surface area contributed by atoms with Crippen molar-refractivity contribution in [2.45, 2.75) is 26.3 Å². The minimum atomic E-state index is 0.119. The van der Waals surface area contributed by atoms with Crippen LogP contribution in [-0.2, 0) is 0 Å². The van der Waals surface area contributed by atoms with Crippen molar-refractivity contribution in [1.82, 2.24) is 9.97 Å². The molecule has 0 N–H and O–H groups in total. The molecule has 0 fully saturated rings. The van der Waals surface area contributed by atoms with Gasteiger partial charge in [-0.25, -0.2) is 9.97 Å². The Hall–Kier alpha value is -1.67. The number of carbonyl (C=O) groups excluding carboxylic acids is 1. The van der Waals surface area contributed by atoms with Gasteiger partial charge < -0.3 is 4.90 Å². The summed E-state index contributed by atoms with van der Waals surface area (Å²) in [5.41, 5.74) is 0.265. The number of aldehydes is 1. The van der Waals surface area contributed by atoms with Crippen LogP contribution in [0.3, 0.4) is 0 Å². The van der Waals surface area contributed by atoms with Crippen LogP contribution in [0.4, 0.5) is 5.82 Å². The predicted molar refractivity (Wildman–Crippen MR) is 65.1 cm³/mol. The van der Waals surface area contributed by atoms with E-state index < -0.39 is 0 Å². The molecule has 1 rings (SSSR count). The summed E-state index contributed by atoms with van der Waals surface area (Å²) in [4.78, 5) is 20.7. The Morgan fingerprint density at radius 1 is 1.59 bits per heavy atom. The number of rotatable bonds is 5. The second-order valence-electron chi connectivity index (χ2n) is 3.71. The lowest BCUT2D eigenvalue weighted by molar-refractivity contribution is 0.112. The Morgan fingerprint density at radius 3 is 2.82 bits per heavy atom. The van der Waals surface area contributed by atoms with Gasteiger partial charge >= 0.3 is 0 Å². The Kier molecular flexibility index (Phi) is 4.85. The lowest BCUT2D eigenvalue weighted by Crippen LogP contribution is -2.33. The third-order valence-corrected chi connectivity index (χ3v) is 2.59. The van der Waals surface area contributed by atoms with Gasteiger partial charge in [0.2, 0.25) is 0 Å². The van der Waals surface area contributed by atoms with Gasteiger partial charge in [-0.3, -0.25) is 4.79 Å². The third-order valence-electron chi connectivity index (χ3n) is 2.29. The van der Waals surface area contributed by atoms with Crippen molar-refractivity contribution >= 4 is 23.7 Å². The highest BCUT2D eigenvalue weighted by Crippen LogP contribution is 2.23. The number of nitriles is 1. The number of aromatic nitrogens is 2. The van der Waals surface area contributed by atoms with Crippen molar-refractivity contribution in [3.63, 3.8) is 0 Å². The average Bonchev–Trinajstić information content (AvgIpc) is 2.29. The van der Waals surface area contributed by atoms with Gasteiger partial charge in [-0.1, -0.05) is 11.6 Å². The van der Waals surface area contributed by atoms with Crippen LogP contribution < -0.4 is 4.90 Å². The topological polar surface area (TPSA) is 69.9 Å². The van der Waals surface area contributed by atoms with E-state index >= 15 is 0 Å². The second-order valence-corrected chi connectivity index (χ2v) is 4.07. The molecule has 17 heavy (non-hydrogen) atoms. The molecule has 0 bridgehead atoms. The Labute approximate surface area is 105 Å². The summed E-state index contributed by atoms with van der Waals surface area (Å²) in [5, 5.41) is 8.75. The van der Waals surface area contributed by atoms with E-state index in [-0.39, 0.29) is 16.8 Å². The van der Waals surface area contributed by atoms with Crippen LogP contribution in [0, 0.1) is 11.3 Å². The van der Waals surface area contributed by atoms with Crippen LogP contribution in [0.15, 0.2) is 6.33 Å². The molecule has 1 aromatic heterocycles. The highest BCUT2D eigenvalue weighted by molar-refractivity contribution is 6.32. The largest absolute Gasteiger partial charge is 0.352 e. The van der Waals surface area contributed by atoms with Crippen LogP contribution >= 0.6 is 11.6 Å². The monoisotopic (exact) mass is 252 g/mol. The highest BCUT2D eigenvalue weighted by atomic mass is 35.5. The van der Waals surface area contributed by atoms with Gasteiger partial charge in [0.05, 0.1) is 18.1 Å². The van der Waals surface area contributed by atoms with Gasteiger partial charge in [0, 0.05) is 12.6 Å². The van der Waals surface area contributed by atoms with Crippen molar-refractivity contribution in [2.75, 3.05) is 11.4 Å². The molecule has 1 heterocycles. The quantitative estimate of drug-likeness (QED) is 0.593. The molecule has 90 valence electrons. The molecule has 6 heteroatoms. The van der Waals surface area contributed by atoms with Gasteiger partial charge in [0.15, 0.2) is 6.29 Å². The first-order chi connectivity index (χ1) is 8.11. The molecular weight excluding hydrogens is 240 g/mol. The fraction of sp³-hybridized carbons (Fsp3) is 0.455. The average molecular weight is 253 g/mol. The van der Waals surface area contributed by atoms with Gasteiger partial charge in [0.1, 0.15) is 17.3 Å². The van der Waals surface area contributed by atoms with Crippen molar-refractivity contribution in [1.29, 1.82) is 5.26 Å². The molecule has 0 unspecified atom stereocenters. The van der Waals surface area contributed by atoms with Gasteiger partial charge in [-0.05, 0) is 13.8 Å². The van der Waals surface area contributed by atoms with E-state index in [9.17, 15) is 4.79 Å². The van der Waals surface area contributed by atoms with E-state index in [1.165, 1.54) is 6.33 Å². The zero-order valence-electron chi connectivity index (χ0n) is 9.72. The maximum atomic E-state index is 11.0. The van der Waals surface area contributed by atoms with Crippen LogP contribution in [0.1, 0.15) is 30.6 Å².